The zero-order chi connectivity index (χ0) is 14.0. The zero-order valence-corrected chi connectivity index (χ0v) is 10.7. The summed E-state index contributed by atoms with van der Waals surface area (Å²) in [4.78, 5) is 13.0. The van der Waals surface area contributed by atoms with Crippen LogP contribution in [0.5, 0.6) is 5.75 Å². The molecule has 0 aliphatic carbocycles. The number of alkyl halides is 2. The van der Waals surface area contributed by atoms with Crippen LogP contribution in [-0.2, 0) is 4.79 Å². The smallest absolute Gasteiger partial charge is 0.387 e. The Hall–Kier alpha value is -2.02. The van der Waals surface area contributed by atoms with Gasteiger partial charge in [-0.25, -0.2) is 0 Å². The van der Waals surface area contributed by atoms with Crippen LogP contribution in [0.15, 0.2) is 30.0 Å². The first-order valence-corrected chi connectivity index (χ1v) is 5.74. The van der Waals surface area contributed by atoms with Crippen molar-refractivity contribution in [2.45, 2.75) is 6.61 Å². The fourth-order valence-electron chi connectivity index (χ4n) is 1.54. The first-order valence-electron chi connectivity index (χ1n) is 5.33. The average molecular weight is 284 g/mol. The van der Waals surface area contributed by atoms with Gasteiger partial charge in [-0.15, -0.1) is 0 Å². The van der Waals surface area contributed by atoms with E-state index in [1.807, 2.05) is 0 Å². The number of carbonyl (C=O) groups is 1. The summed E-state index contributed by atoms with van der Waals surface area (Å²) in [6, 6.07) is 5.95. The Morgan fingerprint density at radius 3 is 2.47 bits per heavy atom. The van der Waals surface area contributed by atoms with Crippen molar-refractivity contribution in [2.75, 3.05) is 7.05 Å². The van der Waals surface area contributed by atoms with Crippen molar-refractivity contribution in [1.29, 1.82) is 0 Å². The number of thiocarbonyl (C=S) groups is 1. The van der Waals surface area contributed by atoms with Gasteiger partial charge in [-0.3, -0.25) is 9.69 Å². The second-order valence-corrected chi connectivity index (χ2v) is 4.19. The summed E-state index contributed by atoms with van der Waals surface area (Å²) in [5, 5.41) is 3.09. The van der Waals surface area contributed by atoms with E-state index in [2.05, 4.69) is 10.1 Å². The number of halogens is 2. The molecule has 0 atom stereocenters. The van der Waals surface area contributed by atoms with Crippen LogP contribution in [0.4, 0.5) is 8.78 Å². The minimum absolute atomic E-state index is 0.0653. The summed E-state index contributed by atoms with van der Waals surface area (Å²) in [5.41, 5.74) is 1.02. The molecule has 0 radical (unpaired) electrons. The third kappa shape index (κ3) is 3.05. The number of benzene rings is 1. The molecule has 0 bridgehead atoms. The predicted octanol–water partition coefficient (Wildman–Crippen LogP) is 1.98. The highest BCUT2D eigenvalue weighted by Crippen LogP contribution is 2.18. The number of hydrogen-bond donors (Lipinski definition) is 1. The molecule has 0 spiro atoms. The quantitative estimate of drug-likeness (QED) is 0.680. The van der Waals surface area contributed by atoms with Gasteiger partial charge in [0.25, 0.3) is 5.91 Å². The molecule has 19 heavy (non-hydrogen) atoms. The molecule has 1 aromatic carbocycles. The van der Waals surface area contributed by atoms with Crippen molar-refractivity contribution < 1.29 is 18.3 Å². The van der Waals surface area contributed by atoms with Crippen LogP contribution in [0.1, 0.15) is 5.56 Å². The maximum atomic E-state index is 12.0. The van der Waals surface area contributed by atoms with Gasteiger partial charge in [0, 0.05) is 7.05 Å². The number of rotatable bonds is 3. The molecule has 4 nitrogen and oxygen atoms in total. The lowest BCUT2D eigenvalue weighted by atomic mass is 10.2. The largest absolute Gasteiger partial charge is 0.435 e. The standard InChI is InChI=1S/C12H10F2N2O2S/c1-16-10(17)9(15-12(16)19)6-7-2-4-8(5-3-7)18-11(13)14/h2-6,11H,1H3,(H,15,19)/b9-6+. The minimum Gasteiger partial charge on any atom is -0.435 e. The predicted molar refractivity (Wildman–Crippen MR) is 69.6 cm³/mol. The van der Waals surface area contributed by atoms with Gasteiger partial charge < -0.3 is 10.1 Å². The van der Waals surface area contributed by atoms with Gasteiger partial charge in [0.05, 0.1) is 0 Å². The van der Waals surface area contributed by atoms with E-state index in [-0.39, 0.29) is 11.7 Å². The Kier molecular flexibility index (Phi) is 3.75. The number of hydrogen-bond acceptors (Lipinski definition) is 3. The van der Waals surface area contributed by atoms with E-state index in [0.717, 1.165) is 0 Å². The van der Waals surface area contributed by atoms with E-state index in [1.165, 1.54) is 17.0 Å². The molecule has 0 aromatic heterocycles. The maximum Gasteiger partial charge on any atom is 0.387 e. The molecule has 1 N–H and O–H groups in total. The van der Waals surface area contributed by atoms with Crippen molar-refractivity contribution in [1.82, 2.24) is 10.2 Å². The van der Waals surface area contributed by atoms with E-state index < -0.39 is 6.61 Å². The molecular weight excluding hydrogens is 274 g/mol. The van der Waals surface area contributed by atoms with E-state index >= 15 is 0 Å². The summed E-state index contributed by atoms with van der Waals surface area (Å²) in [6.07, 6.45) is 1.59. The molecule has 2 rings (SSSR count). The van der Waals surface area contributed by atoms with E-state index in [1.54, 1.807) is 25.3 Å². The first kappa shape index (κ1) is 13.4. The molecule has 1 heterocycles. The van der Waals surface area contributed by atoms with Gasteiger partial charge in [0.15, 0.2) is 5.11 Å². The highest BCUT2D eigenvalue weighted by molar-refractivity contribution is 7.80. The number of likely N-dealkylation sites (N-methyl/N-ethyl adjacent to an activating group) is 1. The van der Waals surface area contributed by atoms with Crippen molar-refractivity contribution in [3.63, 3.8) is 0 Å². The molecule has 100 valence electrons. The highest BCUT2D eigenvalue weighted by atomic mass is 32.1. The number of carbonyl (C=O) groups excluding carboxylic acids is 1. The molecule has 0 unspecified atom stereocenters. The van der Waals surface area contributed by atoms with Crippen molar-refractivity contribution in [2.24, 2.45) is 0 Å². The number of ether oxygens (including phenoxy) is 1. The highest BCUT2D eigenvalue weighted by Gasteiger charge is 2.26. The fourth-order valence-corrected chi connectivity index (χ4v) is 1.73. The van der Waals surface area contributed by atoms with Gasteiger partial charge in [-0.1, -0.05) is 12.1 Å². The second-order valence-electron chi connectivity index (χ2n) is 3.80. The van der Waals surface area contributed by atoms with Gasteiger partial charge in [0.2, 0.25) is 0 Å². The van der Waals surface area contributed by atoms with Crippen LogP contribution in [0, 0.1) is 0 Å². The summed E-state index contributed by atoms with van der Waals surface area (Å²) in [6.45, 7) is -2.85. The minimum atomic E-state index is -2.85. The van der Waals surface area contributed by atoms with Crippen molar-refractivity contribution >= 4 is 29.3 Å². The lowest BCUT2D eigenvalue weighted by Crippen LogP contribution is -2.25. The summed E-state index contributed by atoms with van der Waals surface area (Å²) >= 11 is 4.93. The van der Waals surface area contributed by atoms with Crippen LogP contribution < -0.4 is 10.1 Å². The van der Waals surface area contributed by atoms with Crippen LogP contribution in [0.3, 0.4) is 0 Å². The Morgan fingerprint density at radius 2 is 2.00 bits per heavy atom. The van der Waals surface area contributed by atoms with E-state index in [4.69, 9.17) is 12.2 Å². The van der Waals surface area contributed by atoms with E-state index in [0.29, 0.717) is 16.4 Å². The molecule has 1 saturated heterocycles. The maximum absolute atomic E-state index is 12.0. The van der Waals surface area contributed by atoms with Gasteiger partial charge in [0.1, 0.15) is 11.4 Å². The number of amides is 1. The molecule has 1 aromatic rings. The monoisotopic (exact) mass is 284 g/mol. The van der Waals surface area contributed by atoms with Gasteiger partial charge >= 0.3 is 6.61 Å². The third-order valence-electron chi connectivity index (χ3n) is 2.50. The lowest BCUT2D eigenvalue weighted by molar-refractivity contribution is -0.121. The van der Waals surface area contributed by atoms with E-state index in [9.17, 15) is 13.6 Å². The summed E-state index contributed by atoms with van der Waals surface area (Å²) < 4.78 is 28.2. The van der Waals surface area contributed by atoms with Gasteiger partial charge in [-0.05, 0) is 36.0 Å². The molecule has 1 fully saturated rings. The molecule has 0 saturated carbocycles. The topological polar surface area (TPSA) is 41.6 Å². The van der Waals surface area contributed by atoms with Crippen molar-refractivity contribution in [3.05, 3.63) is 35.5 Å². The summed E-state index contributed by atoms with van der Waals surface area (Å²) in [5.74, 6) is -0.173. The number of nitrogens with zero attached hydrogens (tertiary/aromatic N) is 1. The molecule has 7 heteroatoms. The molecule has 1 amide bonds. The Balaban J connectivity index is 2.16. The third-order valence-corrected chi connectivity index (χ3v) is 2.87. The fraction of sp³-hybridized carbons (Fsp3) is 0.167. The molecular formula is C12H10F2N2O2S. The second kappa shape index (κ2) is 5.31. The summed E-state index contributed by atoms with van der Waals surface area (Å²) in [7, 11) is 1.57. The Morgan fingerprint density at radius 1 is 1.37 bits per heavy atom. The normalized spacial score (nSPS) is 17.3. The van der Waals surface area contributed by atoms with Crippen LogP contribution in [-0.4, -0.2) is 29.6 Å². The first-order chi connectivity index (χ1) is 8.97. The lowest BCUT2D eigenvalue weighted by Gasteiger charge is -2.04. The van der Waals surface area contributed by atoms with Crippen LogP contribution in [0.25, 0.3) is 6.08 Å². The Bertz CT molecular complexity index is 543. The van der Waals surface area contributed by atoms with Crippen LogP contribution in [0.2, 0.25) is 0 Å². The average Bonchev–Trinajstić information content (AvgIpc) is 2.59. The van der Waals surface area contributed by atoms with Crippen molar-refractivity contribution in [3.8, 4) is 5.75 Å². The number of nitrogens with one attached hydrogen (secondary N) is 1. The van der Waals surface area contributed by atoms with Crippen LogP contribution >= 0.6 is 12.2 Å². The zero-order valence-electron chi connectivity index (χ0n) is 9.89. The molecule has 1 aliphatic heterocycles. The molecule has 1 aliphatic rings. The van der Waals surface area contributed by atoms with Gasteiger partial charge in [-0.2, -0.15) is 8.78 Å². The SMILES string of the molecule is CN1C(=O)/C(=C\c2ccc(OC(F)F)cc2)NC1=S. The Labute approximate surface area is 113 Å².